The second-order valence-electron chi connectivity index (χ2n) is 2.65. The van der Waals surface area contributed by atoms with Gasteiger partial charge in [-0.25, -0.2) is 0 Å². The molecule has 1 N–H and O–H groups in total. The van der Waals surface area contributed by atoms with Gasteiger partial charge < -0.3 is 0 Å². The lowest BCUT2D eigenvalue weighted by Crippen LogP contribution is -1.97. The smallest absolute Gasteiger partial charge is 0.133 e. The molecule has 0 spiro atoms. The van der Waals surface area contributed by atoms with Crippen LogP contribution in [0.25, 0.3) is 0 Å². The third-order valence-electron chi connectivity index (χ3n) is 1.76. The molecule has 0 aliphatic rings. The van der Waals surface area contributed by atoms with Crippen LogP contribution in [0.1, 0.15) is 25.0 Å². The summed E-state index contributed by atoms with van der Waals surface area (Å²) < 4.78 is 15.3. The standard InChI is InChI=1S/C9H11O3P/c1-2-9(12-13(10)11)8-6-4-3-5-7-8/h3-7,9H,2H2,1H3/p+1. The van der Waals surface area contributed by atoms with Crippen LogP contribution >= 0.6 is 8.25 Å². The Bertz CT molecular complexity index is 273. The van der Waals surface area contributed by atoms with E-state index in [1.54, 1.807) is 0 Å². The van der Waals surface area contributed by atoms with E-state index < -0.39 is 8.25 Å². The summed E-state index contributed by atoms with van der Waals surface area (Å²) >= 11 is 0. The van der Waals surface area contributed by atoms with Gasteiger partial charge in [0.2, 0.25) is 0 Å². The minimum atomic E-state index is -2.52. The summed E-state index contributed by atoms with van der Waals surface area (Å²) in [6.07, 6.45) is 0.404. The Hall–Kier alpha value is -0.760. The minimum absolute atomic E-state index is 0.283. The fourth-order valence-electron chi connectivity index (χ4n) is 1.15. The summed E-state index contributed by atoms with van der Waals surface area (Å²) in [4.78, 5) is 8.60. The Morgan fingerprint density at radius 2 is 2.08 bits per heavy atom. The maximum atomic E-state index is 10.5. The number of hydrogen-bond acceptors (Lipinski definition) is 2. The van der Waals surface area contributed by atoms with E-state index in [0.29, 0.717) is 6.42 Å². The molecule has 2 unspecified atom stereocenters. The van der Waals surface area contributed by atoms with Crippen molar-refractivity contribution in [1.29, 1.82) is 0 Å². The molecule has 0 fully saturated rings. The third-order valence-corrected chi connectivity index (χ3v) is 2.19. The van der Waals surface area contributed by atoms with Crippen molar-refractivity contribution >= 4 is 8.25 Å². The Morgan fingerprint density at radius 3 is 2.54 bits per heavy atom. The topological polar surface area (TPSA) is 46.5 Å². The van der Waals surface area contributed by atoms with E-state index in [4.69, 9.17) is 9.42 Å². The molecule has 2 atom stereocenters. The predicted molar refractivity (Wildman–Crippen MR) is 50.4 cm³/mol. The fourth-order valence-corrected chi connectivity index (χ4v) is 1.64. The zero-order valence-corrected chi connectivity index (χ0v) is 8.28. The zero-order valence-electron chi connectivity index (χ0n) is 7.38. The molecular formula is C9H12O3P+. The van der Waals surface area contributed by atoms with E-state index in [9.17, 15) is 4.57 Å². The van der Waals surface area contributed by atoms with Crippen LogP contribution in [0.4, 0.5) is 0 Å². The van der Waals surface area contributed by atoms with Crippen molar-refractivity contribution in [3.63, 3.8) is 0 Å². The summed E-state index contributed by atoms with van der Waals surface area (Å²) in [6, 6.07) is 9.42. The Morgan fingerprint density at radius 1 is 1.46 bits per heavy atom. The molecular weight excluding hydrogens is 187 g/mol. The lowest BCUT2D eigenvalue weighted by Gasteiger charge is -2.06. The number of benzene rings is 1. The summed E-state index contributed by atoms with van der Waals surface area (Å²) in [6.45, 7) is 1.91. The van der Waals surface area contributed by atoms with Crippen molar-refractivity contribution in [2.45, 2.75) is 19.4 Å². The van der Waals surface area contributed by atoms with Gasteiger partial charge in [-0.05, 0) is 12.0 Å². The lowest BCUT2D eigenvalue weighted by atomic mass is 10.1. The van der Waals surface area contributed by atoms with Gasteiger partial charge >= 0.3 is 8.25 Å². The highest BCUT2D eigenvalue weighted by molar-refractivity contribution is 7.32. The van der Waals surface area contributed by atoms with Crippen molar-refractivity contribution in [3.8, 4) is 0 Å². The van der Waals surface area contributed by atoms with E-state index in [-0.39, 0.29) is 6.10 Å². The molecule has 1 aromatic carbocycles. The second kappa shape index (κ2) is 5.07. The lowest BCUT2D eigenvalue weighted by molar-refractivity contribution is 0.187. The van der Waals surface area contributed by atoms with E-state index in [2.05, 4.69) is 0 Å². The molecule has 0 saturated carbocycles. The van der Waals surface area contributed by atoms with Crippen molar-refractivity contribution in [3.05, 3.63) is 35.9 Å². The quantitative estimate of drug-likeness (QED) is 0.758. The molecule has 0 aliphatic heterocycles. The van der Waals surface area contributed by atoms with Crippen molar-refractivity contribution in [2.75, 3.05) is 0 Å². The zero-order chi connectivity index (χ0) is 9.68. The molecule has 1 aromatic rings. The maximum absolute atomic E-state index is 10.5. The van der Waals surface area contributed by atoms with Crippen LogP contribution in [0.15, 0.2) is 30.3 Å². The van der Waals surface area contributed by atoms with Gasteiger partial charge in [-0.2, -0.15) is 0 Å². The summed E-state index contributed by atoms with van der Waals surface area (Å²) in [5, 5.41) is 0. The molecule has 3 nitrogen and oxygen atoms in total. The Balaban J connectivity index is 2.73. The van der Waals surface area contributed by atoms with Crippen LogP contribution in [-0.2, 0) is 9.09 Å². The van der Waals surface area contributed by atoms with Crippen molar-refractivity contribution < 1.29 is 14.0 Å². The van der Waals surface area contributed by atoms with Crippen molar-refractivity contribution in [2.24, 2.45) is 0 Å². The molecule has 1 rings (SSSR count). The molecule has 4 heteroatoms. The van der Waals surface area contributed by atoms with Crippen LogP contribution in [0.2, 0.25) is 0 Å². The summed E-state index contributed by atoms with van der Waals surface area (Å²) in [7, 11) is -2.52. The first-order chi connectivity index (χ1) is 6.24. The largest absolute Gasteiger partial charge is 0.695 e. The number of rotatable bonds is 4. The van der Waals surface area contributed by atoms with Gasteiger partial charge in [-0.1, -0.05) is 37.3 Å². The van der Waals surface area contributed by atoms with Crippen LogP contribution in [0.5, 0.6) is 0 Å². The number of hydrogen-bond donors (Lipinski definition) is 1. The molecule has 0 heterocycles. The summed E-state index contributed by atoms with van der Waals surface area (Å²) in [5.74, 6) is 0. The normalized spacial score (nSPS) is 13.8. The minimum Gasteiger partial charge on any atom is -0.133 e. The van der Waals surface area contributed by atoms with Crippen LogP contribution in [-0.4, -0.2) is 4.89 Å². The highest BCUT2D eigenvalue weighted by atomic mass is 31.1. The monoisotopic (exact) mass is 199 g/mol. The highest BCUT2D eigenvalue weighted by Gasteiger charge is 2.22. The molecule has 0 aliphatic carbocycles. The Labute approximate surface area is 78.3 Å². The van der Waals surface area contributed by atoms with E-state index in [0.717, 1.165) is 5.56 Å². The van der Waals surface area contributed by atoms with Gasteiger partial charge in [0.15, 0.2) is 0 Å². The molecule has 70 valence electrons. The second-order valence-corrected chi connectivity index (χ2v) is 3.34. The van der Waals surface area contributed by atoms with Gasteiger partial charge in [0.05, 0.1) is 0 Å². The first kappa shape index (κ1) is 10.3. The molecule has 0 aromatic heterocycles. The van der Waals surface area contributed by atoms with Gasteiger partial charge in [0, 0.05) is 4.57 Å². The van der Waals surface area contributed by atoms with Gasteiger partial charge in [0.1, 0.15) is 6.10 Å². The molecule has 0 bridgehead atoms. The molecule has 0 radical (unpaired) electrons. The van der Waals surface area contributed by atoms with Gasteiger partial charge in [-0.15, -0.1) is 9.42 Å². The Kier molecular flexibility index (Phi) is 4.03. The SMILES string of the molecule is CCC(O[P+](=O)O)c1ccccc1. The highest BCUT2D eigenvalue weighted by Crippen LogP contribution is 2.30. The first-order valence-electron chi connectivity index (χ1n) is 4.12. The van der Waals surface area contributed by atoms with Gasteiger partial charge in [-0.3, -0.25) is 0 Å². The van der Waals surface area contributed by atoms with Crippen LogP contribution in [0, 0.1) is 0 Å². The molecule has 13 heavy (non-hydrogen) atoms. The summed E-state index contributed by atoms with van der Waals surface area (Å²) in [5.41, 5.74) is 0.933. The fraction of sp³-hybridized carbons (Fsp3) is 0.333. The van der Waals surface area contributed by atoms with E-state index in [1.807, 2.05) is 37.3 Å². The average Bonchev–Trinajstić information content (AvgIpc) is 2.15. The van der Waals surface area contributed by atoms with E-state index >= 15 is 0 Å². The van der Waals surface area contributed by atoms with Crippen molar-refractivity contribution in [1.82, 2.24) is 0 Å². The predicted octanol–water partition coefficient (Wildman–Crippen LogP) is 2.80. The van der Waals surface area contributed by atoms with Crippen LogP contribution < -0.4 is 0 Å². The molecule has 0 amide bonds. The van der Waals surface area contributed by atoms with E-state index in [1.165, 1.54) is 0 Å². The molecule has 0 saturated heterocycles. The first-order valence-corrected chi connectivity index (χ1v) is 5.25. The van der Waals surface area contributed by atoms with Crippen LogP contribution in [0.3, 0.4) is 0 Å². The average molecular weight is 199 g/mol. The third kappa shape index (κ3) is 3.23. The maximum Gasteiger partial charge on any atom is 0.695 e. The van der Waals surface area contributed by atoms with Gasteiger partial charge in [0.25, 0.3) is 0 Å².